The standard InChI is InChI=1S/C11H16N6OS/c1-3-4-18-11-16-9(12)15-10(17-11)14-6-8-13-5-7(2)19-8/h5H,3-4,6H2,1-2H3,(H3,12,14,15,16,17). The number of hydrogen-bond donors (Lipinski definition) is 2. The van der Waals surface area contributed by atoms with Crippen LogP contribution in [0.2, 0.25) is 0 Å². The van der Waals surface area contributed by atoms with Crippen molar-refractivity contribution in [2.45, 2.75) is 26.8 Å². The van der Waals surface area contributed by atoms with E-state index in [2.05, 4.69) is 25.3 Å². The first-order valence-corrected chi connectivity index (χ1v) is 6.78. The zero-order valence-corrected chi connectivity index (χ0v) is 11.7. The molecule has 0 atom stereocenters. The molecule has 0 aromatic carbocycles. The van der Waals surface area contributed by atoms with Crippen molar-refractivity contribution < 1.29 is 4.74 Å². The molecule has 0 saturated carbocycles. The molecular weight excluding hydrogens is 264 g/mol. The Hall–Kier alpha value is -1.96. The maximum Gasteiger partial charge on any atom is 0.323 e. The van der Waals surface area contributed by atoms with E-state index in [4.69, 9.17) is 10.5 Å². The van der Waals surface area contributed by atoms with Crippen LogP contribution in [0.3, 0.4) is 0 Å². The van der Waals surface area contributed by atoms with Gasteiger partial charge in [-0.1, -0.05) is 6.92 Å². The van der Waals surface area contributed by atoms with Crippen molar-refractivity contribution in [1.82, 2.24) is 19.9 Å². The molecule has 2 heterocycles. The van der Waals surface area contributed by atoms with Crippen molar-refractivity contribution in [1.29, 1.82) is 0 Å². The number of hydrogen-bond acceptors (Lipinski definition) is 8. The summed E-state index contributed by atoms with van der Waals surface area (Å²) < 4.78 is 5.34. The van der Waals surface area contributed by atoms with Crippen molar-refractivity contribution in [3.05, 3.63) is 16.1 Å². The Kier molecular flexibility index (Phi) is 4.45. The number of nitrogens with two attached hydrogens (primary N) is 1. The van der Waals surface area contributed by atoms with E-state index >= 15 is 0 Å². The zero-order chi connectivity index (χ0) is 13.7. The molecule has 0 aliphatic heterocycles. The normalized spacial score (nSPS) is 10.4. The van der Waals surface area contributed by atoms with E-state index in [0.29, 0.717) is 19.1 Å². The number of ether oxygens (including phenoxy) is 1. The summed E-state index contributed by atoms with van der Waals surface area (Å²) in [5, 5.41) is 4.02. The maximum absolute atomic E-state index is 5.61. The van der Waals surface area contributed by atoms with Gasteiger partial charge in [0.2, 0.25) is 11.9 Å². The summed E-state index contributed by atoms with van der Waals surface area (Å²) in [6, 6.07) is 0.243. The largest absolute Gasteiger partial charge is 0.463 e. The summed E-state index contributed by atoms with van der Waals surface area (Å²) in [6.45, 7) is 5.12. The van der Waals surface area contributed by atoms with Gasteiger partial charge in [-0.15, -0.1) is 11.3 Å². The molecule has 0 spiro atoms. The number of nitrogens with zero attached hydrogens (tertiary/aromatic N) is 4. The lowest BCUT2D eigenvalue weighted by Gasteiger charge is -2.06. The van der Waals surface area contributed by atoms with Crippen LogP contribution in [0.25, 0.3) is 0 Å². The summed E-state index contributed by atoms with van der Waals surface area (Å²) in [4.78, 5) is 17.5. The molecule has 102 valence electrons. The Labute approximate surface area is 115 Å². The Morgan fingerprint density at radius 2 is 2.21 bits per heavy atom. The van der Waals surface area contributed by atoms with Gasteiger partial charge in [-0.25, -0.2) is 4.98 Å². The van der Waals surface area contributed by atoms with E-state index in [-0.39, 0.29) is 12.0 Å². The number of anilines is 2. The minimum absolute atomic E-state index is 0.138. The van der Waals surface area contributed by atoms with E-state index < -0.39 is 0 Å². The Bertz CT molecular complexity index is 544. The molecule has 7 nitrogen and oxygen atoms in total. The lowest BCUT2D eigenvalue weighted by molar-refractivity contribution is 0.292. The van der Waals surface area contributed by atoms with Crippen LogP contribution in [0, 0.1) is 6.92 Å². The van der Waals surface area contributed by atoms with Gasteiger partial charge in [-0.2, -0.15) is 15.0 Å². The molecular formula is C11H16N6OS. The number of thiazole rings is 1. The van der Waals surface area contributed by atoms with Crippen LogP contribution in [0.4, 0.5) is 11.9 Å². The molecule has 0 aliphatic carbocycles. The van der Waals surface area contributed by atoms with Crippen molar-refractivity contribution in [2.75, 3.05) is 17.7 Å². The van der Waals surface area contributed by atoms with Crippen molar-refractivity contribution in [3.63, 3.8) is 0 Å². The lowest BCUT2D eigenvalue weighted by atomic mass is 10.5. The number of nitrogens with one attached hydrogen (secondary N) is 1. The first-order valence-electron chi connectivity index (χ1n) is 5.97. The number of aromatic nitrogens is 4. The van der Waals surface area contributed by atoms with Crippen molar-refractivity contribution in [2.24, 2.45) is 0 Å². The van der Waals surface area contributed by atoms with Crippen molar-refractivity contribution >= 4 is 23.2 Å². The third-order valence-corrected chi connectivity index (χ3v) is 3.05. The van der Waals surface area contributed by atoms with Crippen LogP contribution in [-0.2, 0) is 6.54 Å². The zero-order valence-electron chi connectivity index (χ0n) is 10.9. The van der Waals surface area contributed by atoms with Crippen LogP contribution < -0.4 is 15.8 Å². The molecule has 2 aromatic rings. The van der Waals surface area contributed by atoms with Gasteiger partial charge < -0.3 is 15.8 Å². The first-order chi connectivity index (χ1) is 9.17. The van der Waals surface area contributed by atoms with Crippen LogP contribution in [0.1, 0.15) is 23.2 Å². The fourth-order valence-corrected chi connectivity index (χ4v) is 2.07. The first kappa shape index (κ1) is 13.5. The summed E-state index contributed by atoms with van der Waals surface area (Å²) in [6.07, 6.45) is 2.71. The van der Waals surface area contributed by atoms with E-state index in [1.54, 1.807) is 11.3 Å². The second-order valence-electron chi connectivity index (χ2n) is 3.87. The highest BCUT2D eigenvalue weighted by molar-refractivity contribution is 7.11. The Morgan fingerprint density at radius 3 is 2.89 bits per heavy atom. The molecule has 0 bridgehead atoms. The summed E-state index contributed by atoms with van der Waals surface area (Å²) >= 11 is 1.62. The van der Waals surface area contributed by atoms with Gasteiger partial charge in [0.05, 0.1) is 13.2 Å². The second-order valence-corrected chi connectivity index (χ2v) is 5.19. The fourth-order valence-electron chi connectivity index (χ4n) is 1.35. The lowest BCUT2D eigenvalue weighted by Crippen LogP contribution is -2.09. The highest BCUT2D eigenvalue weighted by Gasteiger charge is 2.06. The number of nitrogen functional groups attached to an aromatic ring is 1. The Balaban J connectivity index is 2.01. The molecule has 0 fully saturated rings. The number of aryl methyl sites for hydroxylation is 1. The molecule has 0 unspecified atom stereocenters. The fraction of sp³-hybridized carbons (Fsp3) is 0.455. The van der Waals surface area contributed by atoms with E-state index in [0.717, 1.165) is 11.4 Å². The van der Waals surface area contributed by atoms with Crippen LogP contribution in [0.15, 0.2) is 6.20 Å². The summed E-state index contributed by atoms with van der Waals surface area (Å²) in [7, 11) is 0. The summed E-state index contributed by atoms with van der Waals surface area (Å²) in [5.41, 5.74) is 5.61. The van der Waals surface area contributed by atoms with Crippen LogP contribution >= 0.6 is 11.3 Å². The molecule has 0 radical (unpaired) electrons. The highest BCUT2D eigenvalue weighted by atomic mass is 32.1. The highest BCUT2D eigenvalue weighted by Crippen LogP contribution is 2.14. The SMILES string of the molecule is CCCOc1nc(N)nc(NCc2ncc(C)s2)n1. The molecule has 0 saturated heterocycles. The second kappa shape index (κ2) is 6.28. The average molecular weight is 280 g/mol. The predicted molar refractivity (Wildman–Crippen MR) is 74.2 cm³/mol. The quantitative estimate of drug-likeness (QED) is 0.829. The van der Waals surface area contributed by atoms with Gasteiger partial charge in [0.15, 0.2) is 0 Å². The van der Waals surface area contributed by atoms with Gasteiger partial charge in [0.25, 0.3) is 0 Å². The number of rotatable bonds is 6. The monoisotopic (exact) mass is 280 g/mol. The molecule has 0 amide bonds. The van der Waals surface area contributed by atoms with Crippen LogP contribution in [0.5, 0.6) is 6.01 Å². The topological polar surface area (TPSA) is 98.8 Å². The van der Waals surface area contributed by atoms with Crippen molar-refractivity contribution in [3.8, 4) is 6.01 Å². The minimum Gasteiger partial charge on any atom is -0.463 e. The minimum atomic E-state index is 0.138. The smallest absolute Gasteiger partial charge is 0.323 e. The van der Waals surface area contributed by atoms with Gasteiger partial charge in [0.1, 0.15) is 5.01 Å². The van der Waals surface area contributed by atoms with Gasteiger partial charge in [-0.05, 0) is 13.3 Å². The molecule has 8 heteroatoms. The third kappa shape index (κ3) is 4.02. The molecule has 19 heavy (non-hydrogen) atoms. The average Bonchev–Trinajstić information content (AvgIpc) is 2.79. The van der Waals surface area contributed by atoms with E-state index in [9.17, 15) is 0 Å². The summed E-state index contributed by atoms with van der Waals surface area (Å²) in [5.74, 6) is 0.533. The molecule has 0 aliphatic rings. The Morgan fingerprint density at radius 1 is 1.37 bits per heavy atom. The van der Waals surface area contributed by atoms with Gasteiger partial charge >= 0.3 is 6.01 Å². The third-order valence-electron chi connectivity index (χ3n) is 2.13. The molecule has 3 N–H and O–H groups in total. The van der Waals surface area contributed by atoms with E-state index in [1.165, 1.54) is 4.88 Å². The maximum atomic E-state index is 5.61. The molecule has 2 rings (SSSR count). The molecule has 2 aromatic heterocycles. The van der Waals surface area contributed by atoms with Crippen LogP contribution in [-0.4, -0.2) is 26.5 Å². The van der Waals surface area contributed by atoms with Gasteiger partial charge in [-0.3, -0.25) is 0 Å². The van der Waals surface area contributed by atoms with E-state index in [1.807, 2.05) is 20.0 Å². The van der Waals surface area contributed by atoms with Gasteiger partial charge in [0, 0.05) is 11.1 Å². The predicted octanol–water partition coefficient (Wildman–Crippen LogP) is 1.62.